The number of hydrogen-bond acceptors (Lipinski definition) is 15. The van der Waals surface area contributed by atoms with Crippen LogP contribution in [0.25, 0.3) is 0 Å². The molecule has 508 valence electrons. The number of nitrogens with one attached hydrogen (secondary N) is 6. The number of carbonyl (C=O) groups is 8. The summed E-state index contributed by atoms with van der Waals surface area (Å²) < 4.78 is 5.51. The zero-order valence-electron chi connectivity index (χ0n) is 54.4. The van der Waals surface area contributed by atoms with Crippen LogP contribution in [0.1, 0.15) is 277 Å². The van der Waals surface area contributed by atoms with E-state index in [4.69, 9.17) is 27.7 Å². The highest BCUT2D eigenvalue weighted by molar-refractivity contribution is 7.99. The lowest BCUT2D eigenvalue weighted by atomic mass is 10.0. The summed E-state index contributed by atoms with van der Waals surface area (Å²) in [6.07, 6.45) is 36.2. The molecule has 0 radical (unpaired) electrons. The summed E-state index contributed by atoms with van der Waals surface area (Å²) in [5, 5.41) is 36.5. The van der Waals surface area contributed by atoms with E-state index < -0.39 is 78.4 Å². The second kappa shape index (κ2) is 59.5. The van der Waals surface area contributed by atoms with Gasteiger partial charge in [-0.05, 0) is 128 Å². The first-order chi connectivity index (χ1) is 42.2. The normalized spacial score (nSPS) is 13.4. The summed E-state index contributed by atoms with van der Waals surface area (Å²) >= 11 is 1.38. The third-order valence-electron chi connectivity index (χ3n) is 15.7. The number of aliphatic carboxylic acids is 1. The molecule has 0 rings (SSSR count). The van der Waals surface area contributed by atoms with E-state index in [-0.39, 0.29) is 56.3 Å². The minimum Gasteiger partial charge on any atom is -0.480 e. The highest BCUT2D eigenvalue weighted by atomic mass is 32.2. The van der Waals surface area contributed by atoms with Gasteiger partial charge in [0.15, 0.2) is 0 Å². The maximum atomic E-state index is 14.2. The summed E-state index contributed by atoms with van der Waals surface area (Å²) in [4.78, 5) is 108. The Morgan fingerprint density at radius 2 is 0.678 bits per heavy atom. The Balaban J connectivity index is 5.94. The number of esters is 1. The number of aliphatic hydroxyl groups is 1. The number of thioether (sulfide) groups is 1. The Bertz CT molecular complexity index is 1770. The molecule has 0 aliphatic heterocycles. The molecule has 0 unspecified atom stereocenters. The Kier molecular flexibility index (Phi) is 56.7. The van der Waals surface area contributed by atoms with Gasteiger partial charge in [0, 0.05) is 18.6 Å². The van der Waals surface area contributed by atoms with Gasteiger partial charge < -0.3 is 69.8 Å². The molecule has 6 amide bonds. The summed E-state index contributed by atoms with van der Waals surface area (Å²) in [5.74, 6) is -4.90. The van der Waals surface area contributed by atoms with Gasteiger partial charge in [0.05, 0.1) is 13.2 Å². The van der Waals surface area contributed by atoms with Crippen molar-refractivity contribution < 1.29 is 53.3 Å². The van der Waals surface area contributed by atoms with Crippen molar-refractivity contribution in [2.24, 2.45) is 22.9 Å². The van der Waals surface area contributed by atoms with Crippen LogP contribution >= 0.6 is 11.8 Å². The Labute approximate surface area is 529 Å². The number of ether oxygens (including phenoxy) is 1. The molecule has 0 fully saturated rings. The van der Waals surface area contributed by atoms with Crippen LogP contribution in [0.15, 0.2) is 0 Å². The zero-order valence-corrected chi connectivity index (χ0v) is 55.2. The molecule has 0 aliphatic carbocycles. The predicted molar refractivity (Wildman–Crippen MR) is 351 cm³/mol. The first-order valence-corrected chi connectivity index (χ1v) is 35.6. The number of carbonyl (C=O) groups excluding carboxylic acids is 7. The maximum Gasteiger partial charge on any atom is 0.326 e. The van der Waals surface area contributed by atoms with Crippen LogP contribution in [0.2, 0.25) is 0 Å². The maximum absolute atomic E-state index is 14.2. The second-order valence-electron chi connectivity index (χ2n) is 23.7. The van der Waals surface area contributed by atoms with Crippen molar-refractivity contribution in [3.05, 3.63) is 0 Å². The van der Waals surface area contributed by atoms with E-state index in [2.05, 4.69) is 45.7 Å². The van der Waals surface area contributed by atoms with Crippen LogP contribution in [-0.2, 0) is 43.1 Å². The molecule has 22 heteroatoms. The van der Waals surface area contributed by atoms with Crippen LogP contribution in [0, 0.1) is 0 Å². The highest BCUT2D eigenvalue weighted by Gasteiger charge is 2.33. The molecule has 0 bridgehead atoms. The molecular weight excluding hydrogens is 1130 g/mol. The highest BCUT2D eigenvalue weighted by Crippen LogP contribution is 2.17. The van der Waals surface area contributed by atoms with E-state index >= 15 is 0 Å². The largest absolute Gasteiger partial charge is 0.480 e. The Hall–Kier alpha value is -4.09. The van der Waals surface area contributed by atoms with Gasteiger partial charge in [0.25, 0.3) is 0 Å². The molecule has 0 saturated heterocycles. The third kappa shape index (κ3) is 47.5. The topological polar surface area (TPSA) is 363 Å². The van der Waals surface area contributed by atoms with E-state index in [9.17, 15) is 48.6 Å². The minimum atomic E-state index is -1.54. The number of nitrogens with two attached hydrogens (primary N) is 4. The quantitative estimate of drug-likeness (QED) is 0.0202. The van der Waals surface area contributed by atoms with Crippen molar-refractivity contribution in [1.82, 2.24) is 31.9 Å². The standard InChI is InChI=1S/C65H126N10O11S/c1-3-5-7-9-11-13-15-17-19-21-23-25-27-42-58(77)70-57(51-87-49-37-48-86-59(78)43-28-26-24-22-20-18-16-14-12-10-8-6-4-2)64(83)75-56(50-76)63(82)73-53(39-30-34-45-67)61(80)71-52(38-29-33-44-66)60(79)72-54(40-31-35-46-68)62(81)74-55(65(84)85)41-32-36-47-69/h52-57,76H,3-51,66-69H2,1-2H3,(H,70,77)(H,71,80)(H,72,79)(H,73,82)(H,74,81)(H,75,83)(H,84,85)/t52-,53-,54-,55-,56-,57-/m0/s1. The van der Waals surface area contributed by atoms with Crippen molar-refractivity contribution in [2.45, 2.75) is 313 Å². The lowest BCUT2D eigenvalue weighted by Crippen LogP contribution is -2.60. The number of amides is 6. The van der Waals surface area contributed by atoms with Crippen LogP contribution in [0.4, 0.5) is 0 Å². The SMILES string of the molecule is CCCCCCCCCCCCCCCC(=O)N[C@@H](CSCCCOC(=O)CCCCCCCCCCCCCCC)C(=O)N[C@@H](CO)C(=O)N[C@@H](CCCCN)C(=O)N[C@@H](CCCCN)C(=O)N[C@@H](CCCCN)C(=O)N[C@@H](CCCCN)C(=O)O. The number of aliphatic hydroxyl groups excluding tert-OH is 1. The van der Waals surface area contributed by atoms with Crippen LogP contribution in [0.3, 0.4) is 0 Å². The molecule has 0 aromatic rings. The van der Waals surface area contributed by atoms with Crippen molar-refractivity contribution in [3.63, 3.8) is 0 Å². The summed E-state index contributed by atoms with van der Waals surface area (Å²) in [6, 6.07) is -7.48. The first-order valence-electron chi connectivity index (χ1n) is 34.4. The monoisotopic (exact) mass is 1250 g/mol. The van der Waals surface area contributed by atoms with Crippen LogP contribution in [-0.4, -0.2) is 145 Å². The van der Waals surface area contributed by atoms with Gasteiger partial charge in [-0.1, -0.05) is 168 Å². The minimum absolute atomic E-state index is 0.0755. The third-order valence-corrected chi connectivity index (χ3v) is 16.9. The van der Waals surface area contributed by atoms with Gasteiger partial charge in [-0.3, -0.25) is 33.6 Å². The molecule has 0 aromatic carbocycles. The number of hydrogen-bond donors (Lipinski definition) is 12. The summed E-state index contributed by atoms with van der Waals surface area (Å²) in [7, 11) is 0. The van der Waals surface area contributed by atoms with E-state index in [1.54, 1.807) is 0 Å². The number of unbranched alkanes of at least 4 members (excludes halogenated alkanes) is 28. The molecule has 0 saturated carbocycles. The van der Waals surface area contributed by atoms with E-state index in [0.717, 1.165) is 38.5 Å². The molecule has 0 heterocycles. The lowest BCUT2D eigenvalue weighted by Gasteiger charge is -2.27. The van der Waals surface area contributed by atoms with Crippen molar-refractivity contribution >= 4 is 59.1 Å². The molecule has 0 spiro atoms. The van der Waals surface area contributed by atoms with Gasteiger partial charge in [-0.2, -0.15) is 11.8 Å². The first kappa shape index (κ1) is 82.9. The van der Waals surface area contributed by atoms with Crippen LogP contribution < -0.4 is 54.8 Å². The summed E-state index contributed by atoms with van der Waals surface area (Å²) in [5.41, 5.74) is 22.9. The molecule has 87 heavy (non-hydrogen) atoms. The average molecular weight is 1260 g/mol. The van der Waals surface area contributed by atoms with Crippen molar-refractivity contribution in [2.75, 3.05) is 50.9 Å². The smallest absolute Gasteiger partial charge is 0.326 e. The van der Waals surface area contributed by atoms with Crippen LogP contribution in [0.5, 0.6) is 0 Å². The molecule has 21 nitrogen and oxygen atoms in total. The van der Waals surface area contributed by atoms with Gasteiger partial charge in [-0.15, -0.1) is 0 Å². The fourth-order valence-electron chi connectivity index (χ4n) is 10.3. The molecule has 6 atom stereocenters. The molecule has 16 N–H and O–H groups in total. The Morgan fingerprint density at radius 3 is 1.03 bits per heavy atom. The second-order valence-corrected chi connectivity index (χ2v) is 24.9. The fraction of sp³-hybridized carbons (Fsp3) is 0.877. The summed E-state index contributed by atoms with van der Waals surface area (Å²) in [6.45, 7) is 5.12. The van der Waals surface area contributed by atoms with Crippen molar-refractivity contribution in [1.29, 1.82) is 0 Å². The van der Waals surface area contributed by atoms with Gasteiger partial charge in [0.2, 0.25) is 35.4 Å². The molecular formula is C65H126N10O11S. The predicted octanol–water partition coefficient (Wildman–Crippen LogP) is 8.12. The zero-order chi connectivity index (χ0) is 64.4. The number of carboxylic acids is 1. The molecule has 0 aromatic heterocycles. The van der Waals surface area contributed by atoms with Gasteiger partial charge in [-0.25, -0.2) is 4.79 Å². The Morgan fingerprint density at radius 1 is 0.368 bits per heavy atom. The number of carboxylic acid groups (broad SMARTS) is 1. The fourth-order valence-corrected chi connectivity index (χ4v) is 11.2. The van der Waals surface area contributed by atoms with E-state index in [1.807, 2.05) is 0 Å². The van der Waals surface area contributed by atoms with Crippen molar-refractivity contribution in [3.8, 4) is 0 Å². The van der Waals surface area contributed by atoms with E-state index in [1.165, 1.54) is 134 Å². The van der Waals surface area contributed by atoms with Gasteiger partial charge >= 0.3 is 11.9 Å². The van der Waals surface area contributed by atoms with Gasteiger partial charge in [0.1, 0.15) is 36.3 Å². The van der Waals surface area contributed by atoms with E-state index in [0.29, 0.717) is 103 Å². The number of rotatable bonds is 63. The average Bonchev–Trinajstić information content (AvgIpc) is 3.34. The lowest BCUT2D eigenvalue weighted by molar-refractivity contribution is -0.144. The molecule has 0 aliphatic rings.